The molecule has 0 bridgehead atoms. The average molecular weight is 435 g/mol. The van der Waals surface area contributed by atoms with Crippen LogP contribution in [0.1, 0.15) is 51.4 Å². The van der Waals surface area contributed by atoms with E-state index in [0.717, 1.165) is 51.6 Å². The van der Waals surface area contributed by atoms with Gasteiger partial charge in [0.15, 0.2) is 0 Å². The Morgan fingerprint density at radius 3 is 2.75 bits per heavy atom. The van der Waals surface area contributed by atoms with Gasteiger partial charge in [-0.1, -0.05) is 0 Å². The van der Waals surface area contributed by atoms with E-state index >= 15 is 0 Å². The topological polar surface area (TPSA) is 74.9 Å². The van der Waals surface area contributed by atoms with E-state index in [2.05, 4.69) is 16.2 Å². The van der Waals surface area contributed by atoms with Crippen LogP contribution in [0.3, 0.4) is 0 Å². The van der Waals surface area contributed by atoms with Crippen molar-refractivity contribution in [1.82, 2.24) is 21.2 Å². The van der Waals surface area contributed by atoms with Gasteiger partial charge >= 0.3 is 0 Å². The second-order valence-corrected chi connectivity index (χ2v) is 9.88. The van der Waals surface area contributed by atoms with Gasteiger partial charge in [-0.05, 0) is 50.9 Å². The summed E-state index contributed by atoms with van der Waals surface area (Å²) in [6, 6.07) is 0.0288. The zero-order chi connectivity index (χ0) is 19.7. The highest BCUT2D eigenvalue weighted by atomic mass is 35.5. The van der Waals surface area contributed by atoms with E-state index < -0.39 is 0 Å². The van der Waals surface area contributed by atoms with E-state index in [1.807, 2.05) is 12.1 Å². The monoisotopic (exact) mass is 434 g/mol. The van der Waals surface area contributed by atoms with Crippen LogP contribution >= 0.6 is 23.2 Å². The fourth-order valence-corrected chi connectivity index (χ4v) is 5.59. The predicted octanol–water partition coefficient (Wildman–Crippen LogP) is 1.88. The number of nitrogens with one attached hydrogen (secondary N) is 3. The third kappa shape index (κ3) is 4.94. The van der Waals surface area contributed by atoms with Crippen molar-refractivity contribution in [2.24, 2.45) is 5.92 Å². The van der Waals surface area contributed by atoms with E-state index in [1.165, 1.54) is 0 Å². The molecule has 4 fully saturated rings. The fourth-order valence-electron chi connectivity index (χ4n) is 4.99. The minimum atomic E-state index is -0.322. The van der Waals surface area contributed by atoms with Gasteiger partial charge in [-0.3, -0.25) is 15.1 Å². The van der Waals surface area contributed by atoms with Gasteiger partial charge in [-0.15, -0.1) is 23.2 Å². The molecule has 8 atom stereocenters. The first-order valence-corrected chi connectivity index (χ1v) is 11.5. The highest BCUT2D eigenvalue weighted by Crippen LogP contribution is 2.35. The van der Waals surface area contributed by atoms with Gasteiger partial charge in [0.2, 0.25) is 5.91 Å². The zero-order valence-electron chi connectivity index (χ0n) is 16.4. The van der Waals surface area contributed by atoms with E-state index in [0.29, 0.717) is 18.4 Å². The number of carbonyl (C=O) groups excluding carboxylic acids is 1. The number of nitrogens with zero attached hydrogens (tertiary/aromatic N) is 1. The molecule has 28 heavy (non-hydrogen) atoms. The summed E-state index contributed by atoms with van der Waals surface area (Å²) in [5.74, 6) is 0.582. The van der Waals surface area contributed by atoms with Crippen LogP contribution in [0, 0.1) is 5.92 Å². The van der Waals surface area contributed by atoms with Crippen LogP contribution in [-0.2, 0) is 14.4 Å². The first-order valence-electron chi connectivity index (χ1n) is 10.6. The summed E-state index contributed by atoms with van der Waals surface area (Å²) in [5.41, 5.74) is 6.40. The molecule has 0 aromatic rings. The van der Waals surface area contributed by atoms with E-state index in [-0.39, 0.29) is 41.1 Å². The number of halogens is 2. The molecule has 3 saturated heterocycles. The minimum absolute atomic E-state index is 0.0109. The Bertz CT molecular complexity index is 551. The van der Waals surface area contributed by atoms with Gasteiger partial charge in [0.25, 0.3) is 0 Å². The Morgan fingerprint density at radius 2 is 2.00 bits per heavy atom. The number of hydrogen-bond donors (Lipinski definition) is 3. The smallest absolute Gasteiger partial charge is 0.240 e. The molecule has 0 spiro atoms. The second-order valence-electron chi connectivity index (χ2n) is 8.76. The largest absolute Gasteiger partial charge is 0.375 e. The number of alkyl halides is 2. The van der Waals surface area contributed by atoms with Gasteiger partial charge in [-0.2, -0.15) is 5.48 Å². The van der Waals surface area contributed by atoms with E-state index in [4.69, 9.17) is 32.8 Å². The molecular formula is C19H32Cl2N4O3. The molecular weight excluding hydrogens is 403 g/mol. The van der Waals surface area contributed by atoms with Gasteiger partial charge in [-0.25, -0.2) is 5.01 Å². The molecule has 1 aliphatic carbocycles. The highest BCUT2D eigenvalue weighted by molar-refractivity contribution is 6.30. The van der Waals surface area contributed by atoms with E-state index in [9.17, 15) is 4.79 Å². The molecule has 7 nitrogen and oxygen atoms in total. The first kappa shape index (κ1) is 21.1. The Hall–Kier alpha value is -0.150. The highest BCUT2D eigenvalue weighted by Gasteiger charge is 2.40. The maximum absolute atomic E-state index is 12.7. The van der Waals surface area contributed by atoms with Crippen LogP contribution < -0.4 is 16.2 Å². The third-order valence-corrected chi connectivity index (χ3v) is 7.75. The Morgan fingerprint density at radius 1 is 1.14 bits per heavy atom. The molecule has 1 amide bonds. The van der Waals surface area contributed by atoms with Crippen molar-refractivity contribution >= 4 is 29.1 Å². The van der Waals surface area contributed by atoms with Crippen molar-refractivity contribution in [3.05, 3.63) is 0 Å². The molecule has 4 rings (SSSR count). The number of hydrogen-bond acceptors (Lipinski definition) is 6. The standard InChI is InChI=1S/C19H32Cl2N4O3/c1-25-18(9-12(23-25)7-11-4-5-13(20)14(21)8-11)22-19(26)15-10-17(28-24-15)16-3-2-6-27-16/h11-18,23-24H,2-10H2,1H3,(H,22,26). The van der Waals surface area contributed by atoms with E-state index in [1.54, 1.807) is 0 Å². The molecule has 0 radical (unpaired) electrons. The van der Waals surface area contributed by atoms with Crippen molar-refractivity contribution in [3.63, 3.8) is 0 Å². The average Bonchev–Trinajstić information content (AvgIpc) is 3.40. The molecule has 0 aromatic carbocycles. The van der Waals surface area contributed by atoms with Crippen LogP contribution in [-0.4, -0.2) is 65.8 Å². The van der Waals surface area contributed by atoms with Gasteiger partial charge < -0.3 is 10.1 Å². The Balaban J connectivity index is 1.22. The summed E-state index contributed by atoms with van der Waals surface area (Å²) >= 11 is 12.6. The van der Waals surface area contributed by atoms with Crippen LogP contribution in [0.15, 0.2) is 0 Å². The van der Waals surface area contributed by atoms with Crippen LogP contribution in [0.25, 0.3) is 0 Å². The lowest BCUT2D eigenvalue weighted by Crippen LogP contribution is -2.50. The van der Waals surface area contributed by atoms with Gasteiger partial charge in [0, 0.05) is 31.5 Å². The molecule has 1 saturated carbocycles. The lowest BCUT2D eigenvalue weighted by molar-refractivity contribution is -0.126. The van der Waals surface area contributed by atoms with Crippen molar-refractivity contribution in [2.75, 3.05) is 13.7 Å². The SMILES string of the molecule is CN1NC(CC2CCC(Cl)C(Cl)C2)CC1NC(=O)C1CC(C2CCCO2)ON1. The normalized spacial score (nSPS) is 44.8. The predicted molar refractivity (Wildman–Crippen MR) is 108 cm³/mol. The zero-order valence-corrected chi connectivity index (χ0v) is 17.9. The molecule has 3 N–H and O–H groups in total. The lowest BCUT2D eigenvalue weighted by atomic mass is 9.84. The molecule has 160 valence electrons. The fraction of sp³-hybridized carbons (Fsp3) is 0.947. The van der Waals surface area contributed by atoms with Crippen molar-refractivity contribution in [3.8, 4) is 0 Å². The van der Waals surface area contributed by atoms with Gasteiger partial charge in [0.05, 0.1) is 17.6 Å². The summed E-state index contributed by atoms with van der Waals surface area (Å²) in [6.45, 7) is 0.790. The van der Waals surface area contributed by atoms with Crippen LogP contribution in [0.2, 0.25) is 0 Å². The first-order chi connectivity index (χ1) is 13.5. The summed E-state index contributed by atoms with van der Waals surface area (Å²) in [6.07, 6.45) is 7.83. The quantitative estimate of drug-likeness (QED) is 0.573. The molecule has 4 aliphatic rings. The second kappa shape index (κ2) is 9.33. The minimum Gasteiger partial charge on any atom is -0.375 e. The number of carbonyl (C=O) groups is 1. The summed E-state index contributed by atoms with van der Waals surface area (Å²) in [4.78, 5) is 18.3. The molecule has 3 aliphatic heterocycles. The number of amides is 1. The molecule has 3 heterocycles. The summed E-state index contributed by atoms with van der Waals surface area (Å²) in [7, 11) is 1.98. The summed E-state index contributed by atoms with van der Waals surface area (Å²) < 4.78 is 5.68. The van der Waals surface area contributed by atoms with Crippen LogP contribution in [0.5, 0.6) is 0 Å². The number of hydrazine groups is 1. The maximum Gasteiger partial charge on any atom is 0.240 e. The lowest BCUT2D eigenvalue weighted by Gasteiger charge is -2.30. The van der Waals surface area contributed by atoms with Crippen molar-refractivity contribution in [1.29, 1.82) is 0 Å². The molecule has 8 unspecified atom stereocenters. The molecule has 0 aromatic heterocycles. The number of rotatable bonds is 5. The van der Waals surface area contributed by atoms with Gasteiger partial charge in [0.1, 0.15) is 12.1 Å². The molecule has 9 heteroatoms. The van der Waals surface area contributed by atoms with Crippen molar-refractivity contribution in [2.45, 2.75) is 92.6 Å². The number of hydroxylamine groups is 1. The van der Waals surface area contributed by atoms with Crippen LogP contribution in [0.4, 0.5) is 0 Å². The Labute approximate surface area is 177 Å². The maximum atomic E-state index is 12.7. The summed E-state index contributed by atoms with van der Waals surface area (Å²) in [5, 5.41) is 5.34. The Kier molecular flexibility index (Phi) is 7.03. The third-order valence-electron chi connectivity index (χ3n) is 6.62. The van der Waals surface area contributed by atoms with Crippen molar-refractivity contribution < 1.29 is 14.4 Å². The number of ether oxygens (including phenoxy) is 1.